The molecular weight excluding hydrogens is 561 g/mol. The van der Waals surface area contributed by atoms with Gasteiger partial charge in [0, 0.05) is 49.8 Å². The highest BCUT2D eigenvalue weighted by Crippen LogP contribution is 2.40. The van der Waals surface area contributed by atoms with Crippen molar-refractivity contribution in [3.63, 3.8) is 0 Å². The molecule has 3 heterocycles. The molecule has 0 aliphatic carbocycles. The zero-order chi connectivity index (χ0) is 29.1. The van der Waals surface area contributed by atoms with Crippen LogP contribution in [0.5, 0.6) is 5.75 Å². The van der Waals surface area contributed by atoms with Gasteiger partial charge in [0.15, 0.2) is 5.82 Å². The maximum absolute atomic E-state index is 13.1. The van der Waals surface area contributed by atoms with Crippen molar-refractivity contribution in [2.24, 2.45) is 0 Å². The van der Waals surface area contributed by atoms with Crippen LogP contribution < -0.4 is 25.6 Å². The lowest BCUT2D eigenvalue weighted by molar-refractivity contribution is -0.131. The summed E-state index contributed by atoms with van der Waals surface area (Å²) in [7, 11) is 1.17. The number of likely N-dealkylation sites (N-methyl/N-ethyl adjacent to an activating group) is 1. The number of nitrogens with one attached hydrogen (secondary N) is 2. The van der Waals surface area contributed by atoms with Crippen LogP contribution in [0.2, 0.25) is 5.02 Å². The van der Waals surface area contributed by atoms with Crippen LogP contribution in [0.15, 0.2) is 42.6 Å². The van der Waals surface area contributed by atoms with Gasteiger partial charge in [-0.15, -0.1) is 0 Å². The zero-order valence-corrected chi connectivity index (χ0v) is 25.6. The first-order valence-electron chi connectivity index (χ1n) is 13.8. The number of aromatic nitrogens is 2. The van der Waals surface area contributed by atoms with Crippen molar-refractivity contribution >= 4 is 58.8 Å². The summed E-state index contributed by atoms with van der Waals surface area (Å²) >= 11 is 6.44. The molecule has 218 valence electrons. The Balaban J connectivity index is 1.36. The van der Waals surface area contributed by atoms with Crippen LogP contribution in [-0.2, 0) is 15.8 Å². The topological polar surface area (TPSA) is 103 Å². The van der Waals surface area contributed by atoms with Gasteiger partial charge in [0.2, 0.25) is 11.9 Å². The molecule has 2 aromatic carbocycles. The molecule has 2 aliphatic rings. The summed E-state index contributed by atoms with van der Waals surface area (Å²) < 4.78 is 18.6. The van der Waals surface area contributed by atoms with E-state index in [1.807, 2.05) is 41.3 Å². The molecule has 1 fully saturated rings. The van der Waals surface area contributed by atoms with Crippen molar-refractivity contribution in [1.82, 2.24) is 19.8 Å². The van der Waals surface area contributed by atoms with Crippen LogP contribution in [0.3, 0.4) is 0 Å². The predicted molar refractivity (Wildman–Crippen MR) is 167 cm³/mol. The van der Waals surface area contributed by atoms with Gasteiger partial charge in [-0.05, 0) is 57.0 Å². The standard InChI is InChI=1S/C29H37ClN7O3P/c1-35-12-14-36(15-13-35)27(38)19-37-11-7-8-20-16-23(25(40-2)17-24(20)37)33-29-31-18-21(30)28(34-29)32-22-9-5-6-10-26(22)41(3,4)39/h5-6,9-10,16-18H,7-8,11-15,19H2,1-4H3,(H2,31,32,33,34). The van der Waals surface area contributed by atoms with Gasteiger partial charge in [0.25, 0.3) is 0 Å². The Hall–Kier alpha value is -3.33. The van der Waals surface area contributed by atoms with Crippen LogP contribution in [0.25, 0.3) is 0 Å². The molecule has 0 spiro atoms. The first-order chi connectivity index (χ1) is 19.6. The summed E-state index contributed by atoms with van der Waals surface area (Å²) in [5.74, 6) is 1.52. The lowest BCUT2D eigenvalue weighted by atomic mass is 10.00. The minimum Gasteiger partial charge on any atom is -0.494 e. The van der Waals surface area contributed by atoms with Crippen molar-refractivity contribution in [2.45, 2.75) is 12.8 Å². The minimum absolute atomic E-state index is 0.158. The predicted octanol–water partition coefficient (Wildman–Crippen LogP) is 4.40. The molecule has 2 aliphatic heterocycles. The number of aryl methyl sites for hydroxylation is 1. The number of hydrogen-bond acceptors (Lipinski definition) is 9. The summed E-state index contributed by atoms with van der Waals surface area (Å²) in [5.41, 5.74) is 3.55. The van der Waals surface area contributed by atoms with Gasteiger partial charge in [0.1, 0.15) is 17.9 Å². The van der Waals surface area contributed by atoms with E-state index in [9.17, 15) is 9.36 Å². The molecule has 12 heteroatoms. The van der Waals surface area contributed by atoms with Crippen LogP contribution in [0.4, 0.5) is 28.8 Å². The molecule has 1 aromatic heterocycles. The second-order valence-corrected chi connectivity index (χ2v) is 14.5. The molecule has 0 bridgehead atoms. The summed E-state index contributed by atoms with van der Waals surface area (Å²) in [6, 6.07) is 11.5. The highest BCUT2D eigenvalue weighted by Gasteiger charge is 2.26. The van der Waals surface area contributed by atoms with Crippen molar-refractivity contribution < 1.29 is 14.1 Å². The molecule has 41 heavy (non-hydrogen) atoms. The van der Waals surface area contributed by atoms with E-state index >= 15 is 0 Å². The second-order valence-electron chi connectivity index (χ2n) is 10.9. The number of amides is 1. The number of ether oxygens (including phenoxy) is 1. The highest BCUT2D eigenvalue weighted by molar-refractivity contribution is 7.70. The maximum atomic E-state index is 13.1. The average molecular weight is 598 g/mol. The molecule has 0 saturated carbocycles. The Morgan fingerprint density at radius 1 is 1.07 bits per heavy atom. The Bertz CT molecular complexity index is 1470. The molecule has 0 unspecified atom stereocenters. The quantitative estimate of drug-likeness (QED) is 0.366. The normalized spacial score (nSPS) is 15.8. The zero-order valence-electron chi connectivity index (χ0n) is 24.0. The number of nitrogens with zero attached hydrogens (tertiary/aromatic N) is 5. The van der Waals surface area contributed by atoms with E-state index < -0.39 is 7.14 Å². The minimum atomic E-state index is -2.53. The third kappa shape index (κ3) is 6.77. The summed E-state index contributed by atoms with van der Waals surface area (Å²) in [6.45, 7) is 7.97. The number of carbonyl (C=O) groups is 1. The van der Waals surface area contributed by atoms with Gasteiger partial charge < -0.3 is 34.6 Å². The lowest BCUT2D eigenvalue weighted by Crippen LogP contribution is -2.50. The number of methoxy groups -OCH3 is 1. The number of fused-ring (bicyclic) bond motifs is 1. The summed E-state index contributed by atoms with van der Waals surface area (Å²) in [4.78, 5) is 28.4. The van der Waals surface area contributed by atoms with E-state index in [4.69, 9.17) is 16.3 Å². The fourth-order valence-electron chi connectivity index (χ4n) is 5.25. The number of rotatable bonds is 8. The van der Waals surface area contributed by atoms with Crippen LogP contribution in [0, 0.1) is 0 Å². The Kier molecular flexibility index (Phi) is 8.73. The van der Waals surface area contributed by atoms with E-state index in [-0.39, 0.29) is 5.91 Å². The number of benzene rings is 2. The molecule has 1 saturated heterocycles. The van der Waals surface area contributed by atoms with E-state index in [0.29, 0.717) is 34.8 Å². The van der Waals surface area contributed by atoms with Gasteiger partial charge in [-0.25, -0.2) is 4.98 Å². The molecule has 10 nitrogen and oxygen atoms in total. The largest absolute Gasteiger partial charge is 0.494 e. The number of hydrogen-bond donors (Lipinski definition) is 2. The third-order valence-electron chi connectivity index (χ3n) is 7.53. The lowest BCUT2D eigenvalue weighted by Gasteiger charge is -2.36. The Morgan fingerprint density at radius 3 is 2.56 bits per heavy atom. The number of carbonyl (C=O) groups excluding carboxylic acids is 1. The van der Waals surface area contributed by atoms with Gasteiger partial charge in [-0.1, -0.05) is 23.7 Å². The van der Waals surface area contributed by atoms with Crippen molar-refractivity contribution in [3.8, 4) is 5.75 Å². The van der Waals surface area contributed by atoms with Crippen molar-refractivity contribution in [1.29, 1.82) is 0 Å². The van der Waals surface area contributed by atoms with Gasteiger partial charge in [-0.2, -0.15) is 4.98 Å². The van der Waals surface area contributed by atoms with Crippen molar-refractivity contribution in [3.05, 3.63) is 53.2 Å². The monoisotopic (exact) mass is 597 g/mol. The highest BCUT2D eigenvalue weighted by atomic mass is 35.5. The van der Waals surface area contributed by atoms with E-state index in [1.54, 1.807) is 20.4 Å². The van der Waals surface area contributed by atoms with Crippen LogP contribution >= 0.6 is 18.7 Å². The van der Waals surface area contributed by atoms with Crippen molar-refractivity contribution in [2.75, 3.05) is 82.3 Å². The SMILES string of the molecule is COc1cc2c(cc1Nc1ncc(Cl)c(Nc3ccccc3P(C)(C)=O)n1)CCCN2CC(=O)N1CCN(C)CC1. The van der Waals surface area contributed by atoms with E-state index in [0.717, 1.165) is 67.8 Å². The number of halogens is 1. The van der Waals surface area contributed by atoms with Crippen LogP contribution in [-0.4, -0.2) is 92.4 Å². The molecule has 2 N–H and O–H groups in total. The molecule has 5 rings (SSSR count). The smallest absolute Gasteiger partial charge is 0.242 e. The first kappa shape index (κ1) is 29.2. The first-order valence-corrected chi connectivity index (χ1v) is 16.7. The number of piperazine rings is 1. The van der Waals surface area contributed by atoms with E-state index in [1.165, 1.54) is 6.20 Å². The number of anilines is 5. The number of para-hydroxylation sites is 1. The maximum Gasteiger partial charge on any atom is 0.242 e. The summed E-state index contributed by atoms with van der Waals surface area (Å²) in [5, 5.41) is 7.58. The molecule has 3 aromatic rings. The summed E-state index contributed by atoms with van der Waals surface area (Å²) in [6.07, 6.45) is 3.38. The van der Waals surface area contributed by atoms with Gasteiger partial charge in [0.05, 0.1) is 31.2 Å². The van der Waals surface area contributed by atoms with Crippen LogP contribution in [0.1, 0.15) is 12.0 Å². The average Bonchev–Trinajstić information content (AvgIpc) is 2.94. The second kappa shape index (κ2) is 12.3. The van der Waals surface area contributed by atoms with E-state index in [2.05, 4.69) is 37.4 Å². The fraction of sp³-hybridized carbons (Fsp3) is 0.414. The Morgan fingerprint density at radius 2 is 1.83 bits per heavy atom. The Labute approximate surface area is 246 Å². The molecule has 1 amide bonds. The molecule has 0 radical (unpaired) electrons. The van der Waals surface area contributed by atoms with Gasteiger partial charge >= 0.3 is 0 Å². The third-order valence-corrected chi connectivity index (χ3v) is 9.35. The molecule has 0 atom stereocenters. The fourth-order valence-corrected chi connectivity index (χ4v) is 6.55. The molecular formula is C29H37ClN7O3P. The van der Waals surface area contributed by atoms with Gasteiger partial charge in [-0.3, -0.25) is 4.79 Å².